The number of halogens is 1. The molecule has 94 heavy (non-hydrogen) atoms. The number of ether oxygens (including phenoxy) is 2. The van der Waals surface area contributed by atoms with E-state index in [2.05, 4.69) is 139 Å². The largest absolute Gasteiger partial charge is 1.00 e. The third-order valence-electron chi connectivity index (χ3n) is 16.5. The number of rotatable bonds is 12. The molecular formula is C78H53IN8O6Pt-4. The maximum absolute atomic E-state index is 6.68. The molecule has 18 rings (SSSR count). The van der Waals surface area contributed by atoms with E-state index in [1.807, 2.05) is 189 Å². The van der Waals surface area contributed by atoms with Crippen molar-refractivity contribution in [3.05, 3.63) is 287 Å². The van der Waals surface area contributed by atoms with Crippen molar-refractivity contribution in [3.8, 4) is 23.3 Å². The van der Waals surface area contributed by atoms with Crippen LogP contribution in [0.5, 0.6) is 23.3 Å². The summed E-state index contributed by atoms with van der Waals surface area (Å²) in [5.74, 6) is 2.13. The Hall–Kier alpha value is -11.0. The second-order valence-electron chi connectivity index (χ2n) is 22.6. The van der Waals surface area contributed by atoms with Crippen LogP contribution in [0, 0.1) is 18.8 Å². The standard InChI is InChI=1S/C39H28N4O3.C39H25N4O3.HI.Pt/c2*1-41-19-20-42(25-41)27-21-31-29-13-5-7-15-35(29)45-38(31)33(22-27)43(26-11-3-2-4-12-26)34-24-28(44-37-17-9-10-18-40-37)23-32-30-14-6-8-16-36(30)46-39(32)34;;/h2-24H,25H2,1H3;2-21,23,25H,1H3;1H;/q;-3;;/p-1. The molecule has 0 saturated heterocycles. The summed E-state index contributed by atoms with van der Waals surface area (Å²) in [4.78, 5) is 21.6. The Labute approximate surface area is 571 Å². The predicted octanol–water partition coefficient (Wildman–Crippen LogP) is 17.4. The Morgan fingerprint density at radius 1 is 0.436 bits per heavy atom. The number of anilines is 8. The molecule has 0 bridgehead atoms. The number of benzene rings is 10. The molecule has 0 unspecified atom stereocenters. The second kappa shape index (κ2) is 24.9. The Morgan fingerprint density at radius 2 is 0.915 bits per heavy atom. The first-order valence-electron chi connectivity index (χ1n) is 30.1. The SMILES string of the molecule is CN1C=CN(c2[c-]c(N(c3ccccc3)c3[c-]c(Oc4ccccn4)cc4c3oc3ccccc34)c3oc4ccccc4c3c2)[CH-]1.CN1C=CN(c2cc(N(c3ccccc3)c3cc(Oc4ccccn4)cc4c3oc3ccccc34)c3oc4ccccc4c3c2)C1.[I-].[Pt]. The summed E-state index contributed by atoms with van der Waals surface area (Å²) in [7, 11) is 4.07. The summed E-state index contributed by atoms with van der Waals surface area (Å²) in [6.07, 6.45) is 11.7. The topological polar surface area (TPSA) is 116 Å². The zero-order chi connectivity index (χ0) is 61.2. The number of para-hydroxylation sites is 6. The molecule has 14 nitrogen and oxygen atoms in total. The van der Waals surface area contributed by atoms with E-state index >= 15 is 0 Å². The Morgan fingerprint density at radius 3 is 1.45 bits per heavy atom. The Balaban J connectivity index is 0.000000152. The molecule has 10 aromatic carbocycles. The van der Waals surface area contributed by atoms with E-state index in [9.17, 15) is 0 Å². The average Bonchev–Trinajstić information content (AvgIpc) is 1.58. The first kappa shape index (κ1) is 59.3. The van der Waals surface area contributed by atoms with Gasteiger partial charge in [0, 0.05) is 137 Å². The van der Waals surface area contributed by atoms with Gasteiger partial charge in [-0.05, 0) is 110 Å². The van der Waals surface area contributed by atoms with Crippen LogP contribution in [0.4, 0.5) is 45.5 Å². The fourth-order valence-electron chi connectivity index (χ4n) is 12.4. The monoisotopic (exact) mass is 1520 g/mol. The van der Waals surface area contributed by atoms with Gasteiger partial charge in [-0.15, -0.1) is 30.0 Å². The van der Waals surface area contributed by atoms with Crippen molar-refractivity contribution in [1.29, 1.82) is 0 Å². The summed E-state index contributed by atoms with van der Waals surface area (Å²) in [6.45, 7) is 2.76. The molecule has 0 N–H and O–H groups in total. The number of hydrogen-bond donors (Lipinski definition) is 0. The number of aromatic nitrogens is 2. The summed E-state index contributed by atoms with van der Waals surface area (Å²) in [5.41, 5.74) is 12.9. The van der Waals surface area contributed by atoms with Crippen LogP contribution in [-0.4, -0.2) is 40.5 Å². The van der Waals surface area contributed by atoms with E-state index in [1.54, 1.807) is 12.4 Å². The van der Waals surface area contributed by atoms with Crippen molar-refractivity contribution in [3.63, 3.8) is 0 Å². The van der Waals surface area contributed by atoms with Gasteiger partial charge in [-0.3, -0.25) is 0 Å². The van der Waals surface area contributed by atoms with Crippen LogP contribution >= 0.6 is 0 Å². The third kappa shape index (κ3) is 10.8. The summed E-state index contributed by atoms with van der Waals surface area (Å²) in [5, 5.41) is 7.90. The van der Waals surface area contributed by atoms with Crippen molar-refractivity contribution in [2.24, 2.45) is 0 Å². The number of furan rings is 4. The van der Waals surface area contributed by atoms with E-state index in [0.29, 0.717) is 45.8 Å². The van der Waals surface area contributed by atoms with E-state index in [1.165, 1.54) is 0 Å². The van der Waals surface area contributed by atoms with E-state index < -0.39 is 0 Å². The van der Waals surface area contributed by atoms with Gasteiger partial charge < -0.3 is 80.5 Å². The Kier molecular flexibility index (Phi) is 15.7. The fraction of sp³-hybridized carbons (Fsp3) is 0.0385. The average molecular weight is 1520 g/mol. The molecule has 0 saturated carbocycles. The van der Waals surface area contributed by atoms with Gasteiger partial charge in [0.1, 0.15) is 28.1 Å². The molecule has 462 valence electrons. The zero-order valence-electron chi connectivity index (χ0n) is 50.4. The minimum Gasteiger partial charge on any atom is -1.00 e. The molecule has 16 aromatic rings. The first-order valence-corrected chi connectivity index (χ1v) is 30.1. The minimum atomic E-state index is 0. The number of hydrogen-bond acceptors (Lipinski definition) is 14. The van der Waals surface area contributed by atoms with Crippen molar-refractivity contribution in [2.45, 2.75) is 0 Å². The van der Waals surface area contributed by atoms with Crippen LogP contribution in [0.1, 0.15) is 0 Å². The molecule has 8 heterocycles. The van der Waals surface area contributed by atoms with Gasteiger partial charge in [-0.25, -0.2) is 9.97 Å². The van der Waals surface area contributed by atoms with Crippen molar-refractivity contribution < 1.29 is 72.2 Å². The van der Waals surface area contributed by atoms with Gasteiger partial charge in [-0.1, -0.05) is 132 Å². The van der Waals surface area contributed by atoms with Crippen LogP contribution < -0.4 is 53.1 Å². The molecule has 6 aromatic heterocycles. The molecule has 2 aliphatic heterocycles. The van der Waals surface area contributed by atoms with Crippen molar-refractivity contribution in [1.82, 2.24) is 19.8 Å². The first-order chi connectivity index (χ1) is 45.4. The molecule has 2 aliphatic rings. The molecule has 16 heteroatoms. The fourth-order valence-corrected chi connectivity index (χ4v) is 12.4. The van der Waals surface area contributed by atoms with Crippen LogP contribution in [0.3, 0.4) is 0 Å². The second-order valence-corrected chi connectivity index (χ2v) is 22.6. The van der Waals surface area contributed by atoms with E-state index in [0.717, 1.165) is 117 Å². The predicted molar refractivity (Wildman–Crippen MR) is 366 cm³/mol. The minimum absolute atomic E-state index is 0. The van der Waals surface area contributed by atoms with Gasteiger partial charge >= 0.3 is 0 Å². The van der Waals surface area contributed by atoms with Crippen molar-refractivity contribution in [2.75, 3.05) is 40.4 Å². The normalized spacial score (nSPS) is 12.8. The zero-order valence-corrected chi connectivity index (χ0v) is 54.8. The van der Waals surface area contributed by atoms with Gasteiger partial charge in [-0.2, -0.15) is 6.67 Å². The van der Waals surface area contributed by atoms with Gasteiger partial charge in [0.25, 0.3) is 0 Å². The van der Waals surface area contributed by atoms with Gasteiger partial charge in [0.15, 0.2) is 11.2 Å². The van der Waals surface area contributed by atoms with Crippen molar-refractivity contribution >= 4 is 133 Å². The van der Waals surface area contributed by atoms with Crippen LogP contribution in [0.15, 0.2) is 285 Å². The molecule has 0 spiro atoms. The number of pyridine rings is 2. The number of nitrogens with zero attached hydrogens (tertiary/aromatic N) is 8. The quantitative estimate of drug-likeness (QED) is 0.0853. The summed E-state index contributed by atoms with van der Waals surface area (Å²) < 4.78 is 39.3. The summed E-state index contributed by atoms with van der Waals surface area (Å²) >= 11 is 0. The van der Waals surface area contributed by atoms with Gasteiger partial charge in [0.2, 0.25) is 11.8 Å². The van der Waals surface area contributed by atoms with Crippen LogP contribution in [0.2, 0.25) is 0 Å². The van der Waals surface area contributed by atoms with E-state index in [-0.39, 0.29) is 45.0 Å². The number of fused-ring (bicyclic) bond motifs is 12. The molecule has 0 atom stereocenters. The molecule has 0 aliphatic carbocycles. The molecular weight excluding hydrogens is 1470 g/mol. The maximum atomic E-state index is 6.68. The smallest absolute Gasteiger partial charge is 0.219 e. The van der Waals surface area contributed by atoms with Crippen LogP contribution in [-0.2, 0) is 21.1 Å². The Bertz CT molecular complexity index is 5190. The van der Waals surface area contributed by atoms with E-state index in [4.69, 9.17) is 27.1 Å². The molecule has 0 fully saturated rings. The van der Waals surface area contributed by atoms with Gasteiger partial charge in [0.05, 0.1) is 18.0 Å². The molecule has 0 amide bonds. The summed E-state index contributed by atoms with van der Waals surface area (Å²) in [6, 6.07) is 83.9. The third-order valence-corrected chi connectivity index (χ3v) is 16.5. The van der Waals surface area contributed by atoms with Crippen LogP contribution in [0.25, 0.3) is 87.8 Å². The maximum Gasteiger partial charge on any atom is 0.219 e. The molecule has 0 radical (unpaired) electrons.